The van der Waals surface area contributed by atoms with Crippen LogP contribution in [0.25, 0.3) is 0 Å². The first-order valence-electron chi connectivity index (χ1n) is 7.58. The summed E-state index contributed by atoms with van der Waals surface area (Å²) in [6, 6.07) is 13.0. The van der Waals surface area contributed by atoms with Crippen molar-refractivity contribution in [3.05, 3.63) is 71.3 Å². The number of halogens is 2. The number of nitrogens with one attached hydrogen (secondary N) is 1. The van der Waals surface area contributed by atoms with Crippen LogP contribution in [-0.4, -0.2) is 23.4 Å². The number of carbonyl (C=O) groups is 1. The highest BCUT2D eigenvalue weighted by atomic mass is 19.2. The quantitative estimate of drug-likeness (QED) is 0.944. The van der Waals surface area contributed by atoms with Crippen molar-refractivity contribution in [1.82, 2.24) is 10.2 Å². The van der Waals surface area contributed by atoms with Crippen LogP contribution in [0.3, 0.4) is 0 Å². The summed E-state index contributed by atoms with van der Waals surface area (Å²) < 4.78 is 26.5. The molecule has 1 unspecified atom stereocenters. The zero-order chi connectivity index (χ0) is 16.4. The topological polar surface area (TPSA) is 32.3 Å². The van der Waals surface area contributed by atoms with Crippen molar-refractivity contribution in [2.75, 3.05) is 6.54 Å². The lowest BCUT2D eigenvalue weighted by molar-refractivity contribution is -0.130. The Morgan fingerprint density at radius 2 is 1.87 bits per heavy atom. The van der Waals surface area contributed by atoms with Gasteiger partial charge < -0.3 is 5.32 Å². The smallest absolute Gasteiger partial charge is 0.237 e. The minimum atomic E-state index is -0.898. The lowest BCUT2D eigenvalue weighted by Gasteiger charge is -2.38. The van der Waals surface area contributed by atoms with Gasteiger partial charge in [-0.1, -0.05) is 36.4 Å². The van der Waals surface area contributed by atoms with E-state index in [9.17, 15) is 13.6 Å². The van der Waals surface area contributed by atoms with E-state index >= 15 is 0 Å². The highest BCUT2D eigenvalue weighted by Gasteiger charge is 2.32. The third kappa shape index (κ3) is 3.40. The van der Waals surface area contributed by atoms with E-state index in [0.29, 0.717) is 18.7 Å². The van der Waals surface area contributed by atoms with Gasteiger partial charge in [0.1, 0.15) is 0 Å². The first kappa shape index (κ1) is 15.6. The maximum atomic E-state index is 13.5. The Morgan fingerprint density at radius 1 is 1.13 bits per heavy atom. The molecule has 1 fully saturated rings. The summed E-state index contributed by atoms with van der Waals surface area (Å²) in [6.45, 7) is 3.03. The number of hydrogen-bond donors (Lipinski definition) is 1. The Bertz CT molecular complexity index is 705. The van der Waals surface area contributed by atoms with E-state index in [4.69, 9.17) is 0 Å². The van der Waals surface area contributed by atoms with Crippen LogP contribution in [0.5, 0.6) is 0 Å². The molecular formula is C18H18F2N2O. The predicted molar refractivity (Wildman–Crippen MR) is 83.6 cm³/mol. The molecule has 1 aliphatic rings. The fourth-order valence-electron chi connectivity index (χ4n) is 2.83. The van der Waals surface area contributed by atoms with E-state index < -0.39 is 11.6 Å². The number of rotatable bonds is 3. The molecule has 2 atom stereocenters. The third-order valence-electron chi connectivity index (χ3n) is 4.24. The molecule has 1 N–H and O–H groups in total. The van der Waals surface area contributed by atoms with Gasteiger partial charge >= 0.3 is 0 Å². The summed E-state index contributed by atoms with van der Waals surface area (Å²) >= 11 is 0. The molecular weight excluding hydrogens is 298 g/mol. The Kier molecular flexibility index (Phi) is 4.39. The fourth-order valence-corrected chi connectivity index (χ4v) is 2.83. The molecule has 3 rings (SSSR count). The van der Waals surface area contributed by atoms with Crippen molar-refractivity contribution in [1.29, 1.82) is 0 Å². The molecule has 120 valence electrons. The minimum absolute atomic E-state index is 0.109. The number of hydrogen-bond acceptors (Lipinski definition) is 2. The summed E-state index contributed by atoms with van der Waals surface area (Å²) in [5, 5.41) is 2.88. The minimum Gasteiger partial charge on any atom is -0.347 e. The van der Waals surface area contributed by atoms with Gasteiger partial charge in [-0.15, -0.1) is 0 Å². The second-order valence-electron chi connectivity index (χ2n) is 5.83. The summed E-state index contributed by atoms with van der Waals surface area (Å²) in [5.41, 5.74) is 1.68. The molecule has 1 heterocycles. The second-order valence-corrected chi connectivity index (χ2v) is 5.83. The predicted octanol–water partition coefficient (Wildman–Crippen LogP) is 3.03. The number of nitrogens with zero attached hydrogens (tertiary/aromatic N) is 1. The average Bonchev–Trinajstić information content (AvgIpc) is 2.55. The van der Waals surface area contributed by atoms with Crippen LogP contribution in [0.2, 0.25) is 0 Å². The normalized spacial score (nSPS) is 22.0. The summed E-state index contributed by atoms with van der Waals surface area (Å²) in [5.74, 6) is -1.89. The number of carbonyl (C=O) groups excluding carboxylic acids is 1. The highest BCUT2D eigenvalue weighted by molar-refractivity contribution is 5.82. The number of amides is 1. The molecule has 3 nitrogen and oxygen atoms in total. The Hall–Kier alpha value is -2.27. The van der Waals surface area contributed by atoms with Crippen LogP contribution < -0.4 is 5.32 Å². The Balaban J connectivity index is 1.81. The van der Waals surface area contributed by atoms with Gasteiger partial charge in [-0.3, -0.25) is 9.69 Å². The molecule has 0 aromatic heterocycles. The van der Waals surface area contributed by atoms with Crippen molar-refractivity contribution in [2.24, 2.45) is 0 Å². The molecule has 0 bridgehead atoms. The van der Waals surface area contributed by atoms with E-state index in [1.54, 1.807) is 0 Å². The molecule has 0 saturated carbocycles. The third-order valence-corrected chi connectivity index (χ3v) is 4.24. The molecule has 1 saturated heterocycles. The fraction of sp³-hybridized carbons (Fsp3) is 0.278. The molecule has 0 radical (unpaired) electrons. The van der Waals surface area contributed by atoms with Crippen LogP contribution >= 0.6 is 0 Å². The summed E-state index contributed by atoms with van der Waals surface area (Å²) in [6.07, 6.45) is 0. The van der Waals surface area contributed by atoms with Crippen LogP contribution in [0.15, 0.2) is 48.5 Å². The molecule has 2 aromatic carbocycles. The summed E-state index contributed by atoms with van der Waals surface area (Å²) in [4.78, 5) is 14.3. The van der Waals surface area contributed by atoms with Crippen molar-refractivity contribution >= 4 is 5.91 Å². The van der Waals surface area contributed by atoms with Crippen molar-refractivity contribution < 1.29 is 13.6 Å². The van der Waals surface area contributed by atoms with E-state index in [1.165, 1.54) is 6.07 Å². The van der Waals surface area contributed by atoms with Gasteiger partial charge in [0.05, 0.1) is 12.1 Å². The molecule has 0 aliphatic carbocycles. The van der Waals surface area contributed by atoms with Gasteiger partial charge in [-0.25, -0.2) is 8.78 Å². The highest BCUT2D eigenvalue weighted by Crippen LogP contribution is 2.23. The van der Waals surface area contributed by atoms with Crippen molar-refractivity contribution in [2.45, 2.75) is 25.6 Å². The van der Waals surface area contributed by atoms with Crippen LogP contribution in [0.1, 0.15) is 24.1 Å². The van der Waals surface area contributed by atoms with Crippen molar-refractivity contribution in [3.8, 4) is 0 Å². The van der Waals surface area contributed by atoms with Gasteiger partial charge in [0.25, 0.3) is 0 Å². The second kappa shape index (κ2) is 6.46. The lowest BCUT2D eigenvalue weighted by Crippen LogP contribution is -2.54. The van der Waals surface area contributed by atoms with Crippen LogP contribution in [0, 0.1) is 11.6 Å². The first-order chi connectivity index (χ1) is 11.0. The zero-order valence-corrected chi connectivity index (χ0v) is 12.8. The molecule has 23 heavy (non-hydrogen) atoms. The SMILES string of the molecule is C[C@@H]1C(=O)NC(c2ccc(F)c(F)c2)CN1Cc1ccccc1. The van der Waals surface area contributed by atoms with Gasteiger partial charge in [0.2, 0.25) is 5.91 Å². The molecule has 1 aliphatic heterocycles. The maximum absolute atomic E-state index is 13.5. The number of benzene rings is 2. The van der Waals surface area contributed by atoms with Gasteiger partial charge in [0, 0.05) is 13.1 Å². The molecule has 0 spiro atoms. The zero-order valence-electron chi connectivity index (χ0n) is 12.8. The lowest BCUT2D eigenvalue weighted by atomic mass is 10.0. The van der Waals surface area contributed by atoms with E-state index in [0.717, 1.165) is 17.7 Å². The molecule has 5 heteroatoms. The van der Waals surface area contributed by atoms with E-state index in [2.05, 4.69) is 5.32 Å². The van der Waals surface area contributed by atoms with Crippen molar-refractivity contribution in [3.63, 3.8) is 0 Å². The monoisotopic (exact) mass is 316 g/mol. The van der Waals surface area contributed by atoms with Crippen LogP contribution in [-0.2, 0) is 11.3 Å². The number of piperazine rings is 1. The van der Waals surface area contributed by atoms with Crippen LogP contribution in [0.4, 0.5) is 8.78 Å². The largest absolute Gasteiger partial charge is 0.347 e. The van der Waals surface area contributed by atoms with E-state index in [-0.39, 0.29) is 18.0 Å². The van der Waals surface area contributed by atoms with E-state index in [1.807, 2.05) is 42.2 Å². The first-order valence-corrected chi connectivity index (χ1v) is 7.58. The molecule has 2 aromatic rings. The Morgan fingerprint density at radius 3 is 2.57 bits per heavy atom. The summed E-state index contributed by atoms with van der Waals surface area (Å²) in [7, 11) is 0. The molecule has 1 amide bonds. The van der Waals surface area contributed by atoms with Gasteiger partial charge in [0.15, 0.2) is 11.6 Å². The van der Waals surface area contributed by atoms with Gasteiger partial charge in [-0.2, -0.15) is 0 Å². The standard InChI is InChI=1S/C18H18F2N2O/c1-12-18(23)21-17(14-7-8-15(19)16(20)9-14)11-22(12)10-13-5-3-2-4-6-13/h2-9,12,17H,10-11H2,1H3,(H,21,23)/t12-,17?/m1/s1. The Labute approximate surface area is 133 Å². The maximum Gasteiger partial charge on any atom is 0.237 e. The average molecular weight is 316 g/mol. The van der Waals surface area contributed by atoms with Gasteiger partial charge in [-0.05, 0) is 30.2 Å².